The van der Waals surface area contributed by atoms with E-state index in [1.54, 1.807) is 0 Å². The van der Waals surface area contributed by atoms with Crippen LogP contribution in [0, 0.1) is 17.8 Å². The van der Waals surface area contributed by atoms with Crippen LogP contribution in [0.5, 0.6) is 0 Å². The van der Waals surface area contributed by atoms with Crippen LogP contribution in [-0.4, -0.2) is 14.8 Å². The minimum Gasteiger partial charge on any atom is -0.244 e. The number of rotatable bonds is 2. The van der Waals surface area contributed by atoms with E-state index in [-0.39, 0.29) is 5.54 Å². The fraction of sp³-hybridized carbons (Fsp3) is 0.875. The third kappa shape index (κ3) is 2.44. The summed E-state index contributed by atoms with van der Waals surface area (Å²) in [4.78, 5) is 4.82. The highest BCUT2D eigenvalue weighted by Gasteiger charge is 2.39. The van der Waals surface area contributed by atoms with Crippen molar-refractivity contribution in [2.45, 2.75) is 72.8 Å². The van der Waals surface area contributed by atoms with Gasteiger partial charge in [0.1, 0.15) is 5.82 Å². The maximum atomic E-state index is 4.86. The molecule has 0 aromatic carbocycles. The normalized spacial score (nSPS) is 31.6. The molecule has 0 saturated carbocycles. The Morgan fingerprint density at radius 3 is 2.32 bits per heavy atom. The average molecular weight is 263 g/mol. The number of hydrogen-bond donors (Lipinski definition) is 0. The van der Waals surface area contributed by atoms with Crippen molar-refractivity contribution in [2.24, 2.45) is 17.8 Å². The predicted octanol–water partition coefficient (Wildman–Crippen LogP) is 3.99. The molecule has 0 aliphatic carbocycles. The van der Waals surface area contributed by atoms with Gasteiger partial charge in [-0.3, -0.25) is 0 Å². The van der Waals surface area contributed by atoms with E-state index in [4.69, 9.17) is 10.1 Å². The summed E-state index contributed by atoms with van der Waals surface area (Å²) in [5, 5.41) is 4.86. The van der Waals surface area contributed by atoms with Gasteiger partial charge in [0.2, 0.25) is 0 Å². The molecule has 1 aliphatic heterocycles. The van der Waals surface area contributed by atoms with Crippen LogP contribution in [0.15, 0.2) is 0 Å². The van der Waals surface area contributed by atoms with E-state index in [0.717, 1.165) is 18.2 Å². The summed E-state index contributed by atoms with van der Waals surface area (Å²) < 4.78 is 2.26. The standard InChI is InChI=1S/C16H29N3/c1-10(2)15-17-14-8-12(5)13(6)9-16(7,11(3)4)19(14)18-15/h10-13H,8-9H2,1-7H3. The molecule has 1 aliphatic rings. The van der Waals surface area contributed by atoms with Gasteiger partial charge in [0.25, 0.3) is 0 Å². The van der Waals surface area contributed by atoms with Crippen molar-refractivity contribution in [3.63, 3.8) is 0 Å². The molecule has 0 bridgehead atoms. The zero-order valence-electron chi connectivity index (χ0n) is 13.6. The molecule has 108 valence electrons. The van der Waals surface area contributed by atoms with E-state index in [2.05, 4.69) is 53.1 Å². The number of aromatic nitrogens is 3. The van der Waals surface area contributed by atoms with Gasteiger partial charge in [-0.15, -0.1) is 0 Å². The van der Waals surface area contributed by atoms with Gasteiger partial charge in [-0.25, -0.2) is 9.67 Å². The average Bonchev–Trinajstić information content (AvgIpc) is 2.69. The van der Waals surface area contributed by atoms with Crippen LogP contribution in [0.1, 0.15) is 72.5 Å². The highest BCUT2D eigenvalue weighted by Crippen LogP contribution is 2.39. The second-order valence-electron chi connectivity index (χ2n) is 7.33. The highest BCUT2D eigenvalue weighted by atomic mass is 15.4. The van der Waals surface area contributed by atoms with Crippen molar-refractivity contribution in [1.82, 2.24) is 14.8 Å². The molecule has 0 N–H and O–H groups in total. The van der Waals surface area contributed by atoms with Gasteiger partial charge in [-0.2, -0.15) is 5.10 Å². The molecule has 1 aromatic rings. The summed E-state index contributed by atoms with van der Waals surface area (Å²) in [7, 11) is 0. The van der Waals surface area contributed by atoms with E-state index in [9.17, 15) is 0 Å². The molecule has 19 heavy (non-hydrogen) atoms. The molecule has 0 spiro atoms. The lowest BCUT2D eigenvalue weighted by atomic mass is 9.78. The Morgan fingerprint density at radius 2 is 1.79 bits per heavy atom. The largest absolute Gasteiger partial charge is 0.244 e. The van der Waals surface area contributed by atoms with Crippen molar-refractivity contribution in [2.75, 3.05) is 0 Å². The first-order valence-corrected chi connectivity index (χ1v) is 7.72. The number of nitrogens with zero attached hydrogens (tertiary/aromatic N) is 3. The molecule has 0 fully saturated rings. The molecule has 0 amide bonds. The van der Waals surface area contributed by atoms with Gasteiger partial charge >= 0.3 is 0 Å². The topological polar surface area (TPSA) is 30.7 Å². The lowest BCUT2D eigenvalue weighted by Crippen LogP contribution is -2.38. The van der Waals surface area contributed by atoms with E-state index in [1.807, 2.05) is 0 Å². The van der Waals surface area contributed by atoms with Crippen LogP contribution in [0.25, 0.3) is 0 Å². The third-order valence-electron chi connectivity index (χ3n) is 5.15. The molecule has 0 saturated heterocycles. The van der Waals surface area contributed by atoms with Crippen molar-refractivity contribution in [3.05, 3.63) is 11.6 Å². The lowest BCUT2D eigenvalue weighted by molar-refractivity contribution is 0.150. The fourth-order valence-corrected chi connectivity index (χ4v) is 3.06. The van der Waals surface area contributed by atoms with Crippen LogP contribution >= 0.6 is 0 Å². The summed E-state index contributed by atoms with van der Waals surface area (Å²) in [6.07, 6.45) is 2.25. The molecule has 3 unspecified atom stereocenters. The predicted molar refractivity (Wildman–Crippen MR) is 79.2 cm³/mol. The molecule has 3 heteroatoms. The Hall–Kier alpha value is -0.860. The maximum Gasteiger partial charge on any atom is 0.153 e. The molecule has 3 atom stereocenters. The van der Waals surface area contributed by atoms with Gasteiger partial charge in [0, 0.05) is 12.3 Å². The van der Waals surface area contributed by atoms with Crippen LogP contribution in [0.4, 0.5) is 0 Å². The summed E-state index contributed by atoms with van der Waals surface area (Å²) in [6, 6.07) is 0. The quantitative estimate of drug-likeness (QED) is 0.807. The molecule has 1 aromatic heterocycles. The Labute approximate surface area is 117 Å². The van der Waals surface area contributed by atoms with Crippen molar-refractivity contribution < 1.29 is 0 Å². The van der Waals surface area contributed by atoms with Crippen LogP contribution < -0.4 is 0 Å². The minimum atomic E-state index is 0.0969. The first kappa shape index (κ1) is 14.5. The maximum absolute atomic E-state index is 4.86. The zero-order valence-corrected chi connectivity index (χ0v) is 13.6. The molecule has 2 rings (SSSR count). The van der Waals surface area contributed by atoms with Crippen LogP contribution in [0.2, 0.25) is 0 Å². The monoisotopic (exact) mass is 263 g/mol. The van der Waals surface area contributed by atoms with Crippen LogP contribution in [0.3, 0.4) is 0 Å². The fourth-order valence-electron chi connectivity index (χ4n) is 3.06. The van der Waals surface area contributed by atoms with Crippen molar-refractivity contribution in [3.8, 4) is 0 Å². The Kier molecular flexibility index (Phi) is 3.76. The number of fused-ring (bicyclic) bond motifs is 1. The van der Waals surface area contributed by atoms with Gasteiger partial charge in [0.05, 0.1) is 5.54 Å². The molecule has 0 radical (unpaired) electrons. The third-order valence-corrected chi connectivity index (χ3v) is 5.15. The Morgan fingerprint density at radius 1 is 1.16 bits per heavy atom. The molecule has 2 heterocycles. The first-order chi connectivity index (χ1) is 8.75. The van der Waals surface area contributed by atoms with Gasteiger partial charge < -0.3 is 0 Å². The second kappa shape index (κ2) is 4.92. The zero-order chi connectivity index (χ0) is 14.4. The first-order valence-electron chi connectivity index (χ1n) is 7.72. The van der Waals surface area contributed by atoms with Gasteiger partial charge in [-0.05, 0) is 31.1 Å². The molecular weight excluding hydrogens is 234 g/mol. The summed E-state index contributed by atoms with van der Waals surface area (Å²) >= 11 is 0. The van der Waals surface area contributed by atoms with E-state index in [1.165, 1.54) is 12.2 Å². The minimum absolute atomic E-state index is 0.0969. The van der Waals surface area contributed by atoms with Crippen molar-refractivity contribution >= 4 is 0 Å². The number of hydrogen-bond acceptors (Lipinski definition) is 2. The molecular formula is C16H29N3. The Balaban J connectivity index is 2.53. The van der Waals surface area contributed by atoms with E-state index >= 15 is 0 Å². The summed E-state index contributed by atoms with van der Waals surface area (Å²) in [5.74, 6) is 4.58. The van der Waals surface area contributed by atoms with Crippen LogP contribution in [-0.2, 0) is 12.0 Å². The van der Waals surface area contributed by atoms with Gasteiger partial charge in [-0.1, -0.05) is 41.5 Å². The summed E-state index contributed by atoms with van der Waals surface area (Å²) in [5.41, 5.74) is 0.0969. The Bertz CT molecular complexity index is 447. The highest BCUT2D eigenvalue weighted by molar-refractivity contribution is 5.05. The van der Waals surface area contributed by atoms with E-state index < -0.39 is 0 Å². The van der Waals surface area contributed by atoms with Gasteiger partial charge in [0.15, 0.2) is 5.82 Å². The SMILES string of the molecule is CC(C)c1nc2n(n1)C(C)(C(C)C)CC(C)C(C)C2. The smallest absolute Gasteiger partial charge is 0.153 e. The molecule has 3 nitrogen and oxygen atoms in total. The second-order valence-corrected chi connectivity index (χ2v) is 7.33. The lowest BCUT2D eigenvalue weighted by Gasteiger charge is -2.36. The summed E-state index contributed by atoms with van der Waals surface area (Å²) in [6.45, 7) is 16.1. The van der Waals surface area contributed by atoms with Crippen molar-refractivity contribution in [1.29, 1.82) is 0 Å². The van der Waals surface area contributed by atoms with E-state index in [0.29, 0.717) is 17.8 Å².